The summed E-state index contributed by atoms with van der Waals surface area (Å²) in [7, 11) is 0. The van der Waals surface area contributed by atoms with Crippen molar-refractivity contribution in [2.75, 3.05) is 13.1 Å². The summed E-state index contributed by atoms with van der Waals surface area (Å²) in [6.07, 6.45) is 6.32. The Morgan fingerprint density at radius 1 is 0.818 bits per heavy atom. The Balaban J connectivity index is 1.69. The molecule has 2 aromatic heterocycles. The van der Waals surface area contributed by atoms with Gasteiger partial charge in [-0.3, -0.25) is 9.20 Å². The van der Waals surface area contributed by atoms with Gasteiger partial charge in [-0.05, 0) is 44.0 Å². The minimum absolute atomic E-state index is 0.0348. The number of imidazole rings is 1. The number of aryl methyl sites for hydroxylation is 1. The predicted octanol–water partition coefficient (Wildman–Crippen LogP) is 6.69. The second-order valence-electron chi connectivity index (χ2n) is 8.44. The first-order chi connectivity index (χ1) is 16.0. The Bertz CT molecular complexity index is 1310. The standard InChI is InChI=1S/C26H24Cl2N4O/c1-17-22(25(33)31-14-4-2-3-5-15-31)16-32-24(19-8-12-21(28)13-9-19)23(30-26(32)29-17)18-6-10-20(27)11-7-18/h6-13,16H,2-5,14-15H2,1H3. The maximum absolute atomic E-state index is 13.4. The van der Waals surface area contributed by atoms with Gasteiger partial charge in [0, 0.05) is 40.5 Å². The third-order valence-electron chi connectivity index (χ3n) is 6.17. The molecule has 3 heterocycles. The summed E-state index contributed by atoms with van der Waals surface area (Å²) < 4.78 is 1.92. The smallest absolute Gasteiger partial charge is 0.257 e. The van der Waals surface area contributed by atoms with E-state index in [1.807, 2.05) is 71.0 Å². The summed E-state index contributed by atoms with van der Waals surface area (Å²) >= 11 is 12.3. The molecule has 7 heteroatoms. The van der Waals surface area contributed by atoms with Gasteiger partial charge in [-0.25, -0.2) is 9.97 Å². The topological polar surface area (TPSA) is 50.5 Å². The number of halogens is 2. The lowest BCUT2D eigenvalue weighted by Gasteiger charge is -2.21. The lowest BCUT2D eigenvalue weighted by atomic mass is 10.0. The van der Waals surface area contributed by atoms with Crippen LogP contribution in [-0.4, -0.2) is 38.3 Å². The number of amides is 1. The van der Waals surface area contributed by atoms with Gasteiger partial charge in [0.15, 0.2) is 0 Å². The van der Waals surface area contributed by atoms with E-state index >= 15 is 0 Å². The van der Waals surface area contributed by atoms with Crippen molar-refractivity contribution >= 4 is 34.9 Å². The molecule has 5 nitrogen and oxygen atoms in total. The third-order valence-corrected chi connectivity index (χ3v) is 6.67. The highest BCUT2D eigenvalue weighted by atomic mass is 35.5. The van der Waals surface area contributed by atoms with Crippen LogP contribution in [0.5, 0.6) is 0 Å². The number of aromatic nitrogens is 3. The summed E-state index contributed by atoms with van der Waals surface area (Å²) in [6, 6.07) is 15.2. The average Bonchev–Trinajstić information content (AvgIpc) is 2.97. The van der Waals surface area contributed by atoms with Crippen molar-refractivity contribution < 1.29 is 4.79 Å². The molecule has 168 valence electrons. The summed E-state index contributed by atoms with van der Waals surface area (Å²) in [4.78, 5) is 25.0. The van der Waals surface area contributed by atoms with Crippen molar-refractivity contribution in [2.24, 2.45) is 0 Å². The number of hydrogen-bond donors (Lipinski definition) is 0. The summed E-state index contributed by atoms with van der Waals surface area (Å²) in [5.74, 6) is 0.586. The molecule has 0 saturated carbocycles. The van der Waals surface area contributed by atoms with Gasteiger partial charge in [0.2, 0.25) is 5.78 Å². The molecule has 2 aromatic carbocycles. The van der Waals surface area contributed by atoms with Crippen LogP contribution in [0.4, 0.5) is 0 Å². The highest BCUT2D eigenvalue weighted by Gasteiger charge is 2.23. The van der Waals surface area contributed by atoms with Crippen molar-refractivity contribution in [1.29, 1.82) is 0 Å². The first-order valence-electron chi connectivity index (χ1n) is 11.2. The van der Waals surface area contributed by atoms with Crippen molar-refractivity contribution in [3.8, 4) is 22.5 Å². The molecule has 0 radical (unpaired) electrons. The number of nitrogens with zero attached hydrogens (tertiary/aromatic N) is 4. The highest BCUT2D eigenvalue weighted by molar-refractivity contribution is 6.31. The fourth-order valence-electron chi connectivity index (χ4n) is 4.40. The number of fused-ring (bicyclic) bond motifs is 1. The molecular formula is C26H24Cl2N4O. The molecule has 0 atom stereocenters. The Morgan fingerprint density at radius 2 is 1.39 bits per heavy atom. The SMILES string of the molecule is Cc1nc2nc(-c3ccc(Cl)cc3)c(-c3ccc(Cl)cc3)n2cc1C(=O)N1CCCCCC1. The normalized spacial score (nSPS) is 14.5. The molecule has 1 amide bonds. The molecule has 5 rings (SSSR count). The van der Waals surface area contributed by atoms with Gasteiger partial charge in [0.05, 0.1) is 22.6 Å². The second kappa shape index (κ2) is 9.16. The van der Waals surface area contributed by atoms with Crippen LogP contribution in [0.2, 0.25) is 10.0 Å². The minimum atomic E-state index is 0.0348. The molecule has 0 N–H and O–H groups in total. The molecule has 1 saturated heterocycles. The lowest BCUT2D eigenvalue weighted by molar-refractivity contribution is 0.0760. The first-order valence-corrected chi connectivity index (χ1v) is 12.0. The van der Waals surface area contributed by atoms with E-state index in [9.17, 15) is 4.79 Å². The summed E-state index contributed by atoms with van der Waals surface area (Å²) in [5.41, 5.74) is 4.80. The number of carbonyl (C=O) groups excluding carboxylic acids is 1. The lowest BCUT2D eigenvalue weighted by Crippen LogP contribution is -2.32. The Morgan fingerprint density at radius 3 is 2.00 bits per heavy atom. The van der Waals surface area contributed by atoms with Crippen molar-refractivity contribution in [3.05, 3.63) is 76.0 Å². The highest BCUT2D eigenvalue weighted by Crippen LogP contribution is 2.34. The summed E-state index contributed by atoms with van der Waals surface area (Å²) in [5, 5.41) is 1.32. The Hall–Kier alpha value is -2.89. The minimum Gasteiger partial charge on any atom is -0.339 e. The zero-order chi connectivity index (χ0) is 22.9. The molecule has 0 bridgehead atoms. The van der Waals surface area contributed by atoms with Gasteiger partial charge in [-0.15, -0.1) is 0 Å². The van der Waals surface area contributed by atoms with E-state index in [1.165, 1.54) is 12.8 Å². The van der Waals surface area contributed by atoms with E-state index in [0.29, 0.717) is 27.1 Å². The Labute approximate surface area is 203 Å². The molecule has 0 spiro atoms. The van der Waals surface area contributed by atoms with Gasteiger partial charge < -0.3 is 4.90 Å². The van der Waals surface area contributed by atoms with Crippen molar-refractivity contribution in [1.82, 2.24) is 19.3 Å². The zero-order valence-electron chi connectivity index (χ0n) is 18.4. The van der Waals surface area contributed by atoms with Crippen LogP contribution in [0.15, 0.2) is 54.7 Å². The molecular weight excluding hydrogens is 455 g/mol. The quantitative estimate of drug-likeness (QED) is 0.329. The van der Waals surface area contributed by atoms with E-state index in [4.69, 9.17) is 33.2 Å². The predicted molar refractivity (Wildman–Crippen MR) is 133 cm³/mol. The van der Waals surface area contributed by atoms with Gasteiger partial charge in [-0.1, -0.05) is 60.3 Å². The maximum Gasteiger partial charge on any atom is 0.257 e. The van der Waals surface area contributed by atoms with Crippen LogP contribution < -0.4 is 0 Å². The van der Waals surface area contributed by atoms with E-state index in [1.54, 1.807) is 0 Å². The molecule has 33 heavy (non-hydrogen) atoms. The summed E-state index contributed by atoms with van der Waals surface area (Å²) in [6.45, 7) is 3.46. The van der Waals surface area contributed by atoms with Crippen molar-refractivity contribution in [2.45, 2.75) is 32.6 Å². The monoisotopic (exact) mass is 478 g/mol. The number of rotatable bonds is 3. The maximum atomic E-state index is 13.4. The van der Waals surface area contributed by atoms with Gasteiger partial charge in [0.25, 0.3) is 5.91 Å². The van der Waals surface area contributed by atoms with Crippen LogP contribution in [0.25, 0.3) is 28.3 Å². The molecule has 1 aliphatic heterocycles. The van der Waals surface area contributed by atoms with Crippen LogP contribution in [0.1, 0.15) is 41.7 Å². The zero-order valence-corrected chi connectivity index (χ0v) is 19.9. The van der Waals surface area contributed by atoms with E-state index in [-0.39, 0.29) is 5.91 Å². The van der Waals surface area contributed by atoms with Crippen LogP contribution >= 0.6 is 23.2 Å². The second-order valence-corrected chi connectivity index (χ2v) is 9.31. The molecule has 1 fully saturated rings. The van der Waals surface area contributed by atoms with Gasteiger partial charge in [-0.2, -0.15) is 0 Å². The van der Waals surface area contributed by atoms with E-state index in [2.05, 4.69) is 0 Å². The van der Waals surface area contributed by atoms with Crippen LogP contribution in [0.3, 0.4) is 0 Å². The van der Waals surface area contributed by atoms with Gasteiger partial charge >= 0.3 is 0 Å². The number of benzene rings is 2. The van der Waals surface area contributed by atoms with Gasteiger partial charge in [0.1, 0.15) is 0 Å². The number of likely N-dealkylation sites (tertiary alicyclic amines) is 1. The van der Waals surface area contributed by atoms with Crippen molar-refractivity contribution in [3.63, 3.8) is 0 Å². The fourth-order valence-corrected chi connectivity index (χ4v) is 4.65. The Kier molecular flexibility index (Phi) is 6.09. The van der Waals surface area contributed by atoms with Crippen LogP contribution in [0, 0.1) is 6.92 Å². The average molecular weight is 479 g/mol. The largest absolute Gasteiger partial charge is 0.339 e. The number of hydrogen-bond acceptors (Lipinski definition) is 3. The van der Waals surface area contributed by atoms with E-state index < -0.39 is 0 Å². The molecule has 4 aromatic rings. The molecule has 0 unspecified atom stereocenters. The molecule has 0 aliphatic carbocycles. The third kappa shape index (κ3) is 4.35. The molecule has 1 aliphatic rings. The van der Waals surface area contributed by atoms with E-state index in [0.717, 1.165) is 48.4 Å². The number of carbonyl (C=O) groups is 1. The first kappa shape index (κ1) is 21.9. The van der Waals surface area contributed by atoms with Crippen LogP contribution in [-0.2, 0) is 0 Å². The fraction of sp³-hybridized carbons (Fsp3) is 0.269.